The van der Waals surface area contributed by atoms with Gasteiger partial charge in [0.25, 0.3) is 0 Å². The van der Waals surface area contributed by atoms with Gasteiger partial charge in [0.1, 0.15) is 11.6 Å². The number of pyridine rings is 1. The standard InChI is InChI=1S/C38H29BN6.C37H28BN7.C32H24BN5O.3Pt/c1-40-20-22-42(26-40)30-16-18-34-32(24-30)39-33-25-31(43-23-21-41(2)27-43)17-19-35(33)45(29-12-7-4-8-13-29)37-15-9-14-36(38(37)39)44(34)28-10-5-3-6-11-28;1-40-19-21-42(25-40)29-13-15-33-31(23-29)38-32-24-30(43-22-20-41(2)26-43)14-16-34(32)45(28-11-7-4-8-12-28)37-36(38)35(17-18-39-37)44(33)27-9-5-3-6-10-27;1-34-15-17-36(21-34)24-11-13-28-26(19-24)33-27-20-25(37-18-16-35(2)22-37)12-14-30(27)39-31-10-6-9-29(32(31)33)38(28)23-7-4-3-5-8-23;;;/h3-23,26-27H,1-2H3;3-22,25-26H,1-2H3;3-18,21-22H,1-2H3;;;/q3*-4;3*+4. The normalized spacial score (nSPS) is 15.8. The van der Waals surface area contributed by atoms with Gasteiger partial charge in [0.15, 0.2) is 0 Å². The van der Waals surface area contributed by atoms with Crippen LogP contribution in [0.25, 0.3) is 0 Å². The van der Waals surface area contributed by atoms with E-state index in [-0.39, 0.29) is 83.3 Å². The average molecular weight is 2250 g/mol. The molecule has 0 aliphatic carbocycles. The first kappa shape index (κ1) is 84.9. The van der Waals surface area contributed by atoms with Crippen molar-refractivity contribution < 1.29 is 67.9 Å². The Hall–Kier alpha value is -13.9. The molecule has 0 fully saturated rings. The minimum atomic E-state index is -0.137. The van der Waals surface area contributed by atoms with Crippen molar-refractivity contribution in [3.8, 4) is 11.5 Å². The predicted octanol–water partition coefficient (Wildman–Crippen LogP) is 15.9. The first-order valence-electron chi connectivity index (χ1n) is 43.2. The molecule has 0 saturated carbocycles. The molecule has 0 atom stereocenters. The number of anilines is 21. The van der Waals surface area contributed by atoms with Crippen LogP contribution in [0.4, 0.5) is 120 Å². The largest absolute Gasteiger partial charge is 4.00 e. The van der Waals surface area contributed by atoms with Gasteiger partial charge in [-0.1, -0.05) is 132 Å². The van der Waals surface area contributed by atoms with Gasteiger partial charge in [0.05, 0.1) is 0 Å². The van der Waals surface area contributed by atoms with Crippen molar-refractivity contribution in [2.24, 2.45) is 0 Å². The van der Waals surface area contributed by atoms with E-state index in [4.69, 9.17) is 9.72 Å². The molecule has 1 aromatic heterocycles. The maximum Gasteiger partial charge on any atom is 4.00 e. The van der Waals surface area contributed by atoms with Gasteiger partial charge in [-0.25, -0.2) is 4.98 Å². The van der Waals surface area contributed by atoms with E-state index in [9.17, 15) is 0 Å². The molecule has 0 spiro atoms. The number of hydrogen-bond donors (Lipinski definition) is 0. The van der Waals surface area contributed by atoms with E-state index in [1.165, 1.54) is 16.8 Å². The summed E-state index contributed by atoms with van der Waals surface area (Å²) in [7, 11) is 12.2. The number of benzene rings is 13. The Labute approximate surface area is 816 Å². The summed E-state index contributed by atoms with van der Waals surface area (Å²) in [6.45, 7) is 12.1. The fraction of sp³-hybridized carbons (Fsp3) is 0.0561. The van der Waals surface area contributed by atoms with E-state index in [0.29, 0.717) is 0 Å². The van der Waals surface area contributed by atoms with Crippen LogP contribution in [0, 0.1) is 76.4 Å². The zero-order valence-electron chi connectivity index (χ0n) is 72.5. The quantitative estimate of drug-likeness (QED) is 0.0910. The maximum absolute atomic E-state index is 6.54. The van der Waals surface area contributed by atoms with Crippen LogP contribution in [0.3, 0.4) is 0 Å². The number of hydrogen-bond acceptors (Lipinski definition) is 19. The summed E-state index contributed by atoms with van der Waals surface area (Å²) >= 11 is 0. The fourth-order valence-electron chi connectivity index (χ4n) is 19.5. The third-order valence-electron chi connectivity index (χ3n) is 25.2. The molecule has 14 aromatic rings. The van der Waals surface area contributed by atoms with Crippen LogP contribution in [-0.2, 0) is 63.2 Å². The first-order chi connectivity index (χ1) is 63.4. The van der Waals surface area contributed by atoms with E-state index in [1.807, 2.05) is 106 Å². The second-order valence-corrected chi connectivity index (χ2v) is 33.5. The summed E-state index contributed by atoms with van der Waals surface area (Å²) in [6, 6.07) is 117. The molecule has 13 aromatic carbocycles. The van der Waals surface area contributed by atoms with E-state index in [0.717, 1.165) is 163 Å². The molecular formula is C107H81B3N18OPt3. The molecule has 12 aliphatic heterocycles. The van der Waals surface area contributed by atoms with Crippen LogP contribution in [-0.4, -0.2) is 96.8 Å². The average Bonchev–Trinajstić information content (AvgIpc) is 0.744. The molecule has 132 heavy (non-hydrogen) atoms. The summed E-state index contributed by atoms with van der Waals surface area (Å²) in [4.78, 5) is 41.8. The van der Waals surface area contributed by atoms with Gasteiger partial charge in [-0.05, 0) is 224 Å². The van der Waals surface area contributed by atoms with Crippen LogP contribution < -0.4 is 108 Å². The van der Waals surface area contributed by atoms with Gasteiger partial charge < -0.3 is 88.0 Å². The van der Waals surface area contributed by atoms with Gasteiger partial charge in [0.2, 0.25) is 20.1 Å². The minimum Gasteiger partial charge on any atom is -0.518 e. The van der Waals surface area contributed by atoms with E-state index < -0.39 is 0 Å². The predicted molar refractivity (Wildman–Crippen MR) is 526 cm³/mol. The van der Waals surface area contributed by atoms with Crippen molar-refractivity contribution in [1.82, 2.24) is 34.4 Å². The molecule has 0 saturated heterocycles. The summed E-state index contributed by atoms with van der Waals surface area (Å²) in [6.07, 6.45) is 26.6. The topological polar surface area (TPSA) is 77.2 Å². The zero-order chi connectivity index (χ0) is 86.2. The number of fused-ring (bicyclic) bond motifs is 12. The number of rotatable bonds is 11. The van der Waals surface area contributed by atoms with E-state index >= 15 is 0 Å². The Kier molecular flexibility index (Phi) is 22.4. The Morgan fingerprint density at radius 3 is 0.795 bits per heavy atom. The van der Waals surface area contributed by atoms with Crippen molar-refractivity contribution in [3.63, 3.8) is 0 Å². The van der Waals surface area contributed by atoms with Gasteiger partial charge in [-0.3, -0.25) is 0 Å². The Bertz CT molecular complexity index is 6420. The summed E-state index contributed by atoms with van der Waals surface area (Å²) in [5.74, 6) is 2.62. The molecule has 0 radical (unpaired) electrons. The number of nitrogens with zero attached hydrogens (tertiary/aromatic N) is 18. The molecule has 0 amide bonds. The van der Waals surface area contributed by atoms with E-state index in [2.05, 4.69) is 444 Å². The van der Waals surface area contributed by atoms with Gasteiger partial charge in [0, 0.05) is 63.1 Å². The molecule has 13 heterocycles. The molecule has 26 rings (SSSR count). The van der Waals surface area contributed by atoms with Gasteiger partial charge in [-0.15, -0.1) is 112 Å². The summed E-state index contributed by atoms with van der Waals surface area (Å²) < 4.78 is 6.54. The van der Waals surface area contributed by atoms with Crippen LogP contribution in [0.15, 0.2) is 348 Å². The minimum absolute atomic E-state index is 0. The molecule has 19 nitrogen and oxygen atoms in total. The summed E-state index contributed by atoms with van der Waals surface area (Å²) in [5.41, 5.74) is 31.6. The van der Waals surface area contributed by atoms with Crippen LogP contribution in [0.5, 0.6) is 11.5 Å². The SMILES string of the molecule is CN1C=CN(c2[c-]c3c(cc2)N(c2ccccc2)c2cccc4c2B3c2[c-]c(N3C=CN(C)[CH-]3)ccc2N4c2ccccc2)[CH-]1.CN1C=CN(c2[c-]c3c(cc2)N(c2ccccc2)c2ccnc4c2B3c2[c-]c(N3C=CN(C)[CH-]3)ccc2N4c2ccccc2)[CH-]1.CN1C=CN(c2[c-]c3c(cc2)Oc2cccc4c2B3c2[c-]c(N3C=CN(C)[CH-]3)ccc2N4c2ccccc2)[CH-]1.[Pt+4].[Pt+4].[Pt+4]. The van der Waals surface area contributed by atoms with Crippen LogP contribution in [0.1, 0.15) is 0 Å². The molecular weight excluding hydrogens is 2170 g/mol. The third kappa shape index (κ3) is 14.6. The fourth-order valence-corrected chi connectivity index (χ4v) is 19.5. The monoisotopic (exact) mass is 2250 g/mol. The van der Waals surface area contributed by atoms with Crippen molar-refractivity contribution >= 4 is 189 Å². The third-order valence-corrected chi connectivity index (χ3v) is 25.2. The molecule has 0 unspecified atom stereocenters. The number of aromatic nitrogens is 1. The van der Waals surface area contributed by atoms with E-state index in [1.54, 1.807) is 0 Å². The summed E-state index contributed by atoms with van der Waals surface area (Å²) in [5, 5.41) is 0. The van der Waals surface area contributed by atoms with Crippen molar-refractivity contribution in [2.75, 3.05) is 96.2 Å². The molecule has 12 aliphatic rings. The number of para-hydroxylation sites is 5. The Balaban J connectivity index is 0.000000118. The van der Waals surface area contributed by atoms with Crippen molar-refractivity contribution in [2.45, 2.75) is 0 Å². The molecule has 0 N–H and O–H groups in total. The van der Waals surface area contributed by atoms with Crippen molar-refractivity contribution in [3.05, 3.63) is 424 Å². The van der Waals surface area contributed by atoms with Gasteiger partial charge >= 0.3 is 63.2 Å². The Morgan fingerprint density at radius 2 is 0.485 bits per heavy atom. The maximum atomic E-state index is 6.54. The second kappa shape index (κ2) is 34.8. The number of ether oxygens (including phenoxy) is 1. The Morgan fingerprint density at radius 1 is 0.227 bits per heavy atom. The molecule has 644 valence electrons. The molecule has 25 heteroatoms. The van der Waals surface area contributed by atoms with Crippen LogP contribution >= 0.6 is 0 Å². The first-order valence-corrected chi connectivity index (χ1v) is 43.2. The van der Waals surface area contributed by atoms with Gasteiger partial charge in [-0.2, -0.15) is 104 Å². The molecule has 0 bridgehead atoms. The van der Waals surface area contributed by atoms with Crippen molar-refractivity contribution in [1.29, 1.82) is 0 Å². The zero-order valence-corrected chi connectivity index (χ0v) is 79.3. The second-order valence-electron chi connectivity index (χ2n) is 33.5. The van der Waals surface area contributed by atoms with Crippen LogP contribution in [0.2, 0.25) is 0 Å². The smallest absolute Gasteiger partial charge is 0.518 e.